The van der Waals surface area contributed by atoms with Crippen LogP contribution in [0.3, 0.4) is 0 Å². The summed E-state index contributed by atoms with van der Waals surface area (Å²) in [6, 6.07) is 1.67. The monoisotopic (exact) mass is 331 g/mol. The Hall–Kier alpha value is -2.09. The molecule has 1 rings (SSSR count). The van der Waals surface area contributed by atoms with E-state index in [-0.39, 0.29) is 18.9 Å². The smallest absolute Gasteiger partial charge is 0.226 e. The van der Waals surface area contributed by atoms with Crippen molar-refractivity contribution in [2.75, 3.05) is 39.0 Å². The van der Waals surface area contributed by atoms with E-state index in [2.05, 4.69) is 5.32 Å². The molecule has 0 saturated carbocycles. The van der Waals surface area contributed by atoms with E-state index in [0.717, 1.165) is 12.1 Å². The third-order valence-electron chi connectivity index (χ3n) is 3.18. The zero-order valence-electron chi connectivity index (χ0n) is 13.3. The standard InChI is InChI=1S/C15H20F3N3O2/c1-10(22)21(9-8-20(2)3)7-6-13(23)19-12-5-4-11(16)14(17)15(12)18/h4-5H,6-9H2,1-3H3,(H,19,23). The summed E-state index contributed by atoms with van der Waals surface area (Å²) in [4.78, 5) is 26.7. The van der Waals surface area contributed by atoms with Crippen molar-refractivity contribution >= 4 is 17.5 Å². The van der Waals surface area contributed by atoms with Crippen molar-refractivity contribution in [2.24, 2.45) is 0 Å². The summed E-state index contributed by atoms with van der Waals surface area (Å²) in [6.45, 7) is 2.64. The number of carbonyl (C=O) groups excluding carboxylic acids is 2. The topological polar surface area (TPSA) is 52.7 Å². The van der Waals surface area contributed by atoms with Crippen LogP contribution in [0.25, 0.3) is 0 Å². The average Bonchev–Trinajstić information content (AvgIpc) is 2.47. The quantitative estimate of drug-likeness (QED) is 0.776. The molecule has 0 saturated heterocycles. The van der Waals surface area contributed by atoms with E-state index >= 15 is 0 Å². The Morgan fingerprint density at radius 1 is 1.04 bits per heavy atom. The molecule has 0 spiro atoms. The number of likely N-dealkylation sites (N-methyl/N-ethyl adjacent to an activating group) is 1. The first-order chi connectivity index (χ1) is 10.7. The van der Waals surface area contributed by atoms with Crippen LogP contribution in [-0.4, -0.2) is 55.3 Å². The number of hydrogen-bond donors (Lipinski definition) is 1. The Bertz CT molecular complexity index is 579. The first kappa shape index (κ1) is 19.0. The van der Waals surface area contributed by atoms with Gasteiger partial charge in [-0.25, -0.2) is 13.2 Å². The Labute approximate surface area is 133 Å². The van der Waals surface area contributed by atoms with E-state index in [4.69, 9.17) is 0 Å². The highest BCUT2D eigenvalue weighted by Gasteiger charge is 2.16. The van der Waals surface area contributed by atoms with Gasteiger partial charge in [0.05, 0.1) is 5.69 Å². The Morgan fingerprint density at radius 3 is 2.26 bits per heavy atom. The normalized spacial score (nSPS) is 10.7. The van der Waals surface area contributed by atoms with E-state index < -0.39 is 29.0 Å². The summed E-state index contributed by atoms with van der Waals surface area (Å²) < 4.78 is 39.4. The maximum atomic E-state index is 13.5. The van der Waals surface area contributed by atoms with Gasteiger partial charge in [-0.2, -0.15) is 0 Å². The Morgan fingerprint density at radius 2 is 1.70 bits per heavy atom. The molecule has 8 heteroatoms. The maximum Gasteiger partial charge on any atom is 0.226 e. The fourth-order valence-electron chi connectivity index (χ4n) is 1.82. The van der Waals surface area contributed by atoms with Crippen molar-refractivity contribution in [2.45, 2.75) is 13.3 Å². The Kier molecular flexibility index (Phi) is 7.02. The van der Waals surface area contributed by atoms with Crippen molar-refractivity contribution in [3.05, 3.63) is 29.6 Å². The van der Waals surface area contributed by atoms with Gasteiger partial charge in [-0.3, -0.25) is 9.59 Å². The van der Waals surface area contributed by atoms with Crippen LogP contribution in [0, 0.1) is 17.5 Å². The minimum Gasteiger partial charge on any atom is -0.341 e. The van der Waals surface area contributed by atoms with E-state index in [1.165, 1.54) is 11.8 Å². The van der Waals surface area contributed by atoms with Gasteiger partial charge >= 0.3 is 0 Å². The van der Waals surface area contributed by atoms with Gasteiger partial charge in [0.1, 0.15) is 0 Å². The number of halogens is 3. The number of nitrogens with zero attached hydrogens (tertiary/aromatic N) is 2. The maximum absolute atomic E-state index is 13.5. The summed E-state index contributed by atoms with van der Waals surface area (Å²) in [5, 5.41) is 2.17. The summed E-state index contributed by atoms with van der Waals surface area (Å²) >= 11 is 0. The SMILES string of the molecule is CC(=O)N(CCC(=O)Nc1ccc(F)c(F)c1F)CCN(C)C. The van der Waals surface area contributed by atoms with Crippen molar-refractivity contribution < 1.29 is 22.8 Å². The van der Waals surface area contributed by atoms with Gasteiger partial charge in [-0.05, 0) is 26.2 Å². The van der Waals surface area contributed by atoms with Crippen LogP contribution >= 0.6 is 0 Å². The fourth-order valence-corrected chi connectivity index (χ4v) is 1.82. The van der Waals surface area contributed by atoms with Crippen LogP contribution in [0.1, 0.15) is 13.3 Å². The molecule has 0 aliphatic heterocycles. The fraction of sp³-hybridized carbons (Fsp3) is 0.467. The molecule has 23 heavy (non-hydrogen) atoms. The molecular weight excluding hydrogens is 311 g/mol. The minimum absolute atomic E-state index is 0.0779. The van der Waals surface area contributed by atoms with Gasteiger partial charge in [-0.1, -0.05) is 0 Å². The zero-order valence-corrected chi connectivity index (χ0v) is 13.3. The number of benzene rings is 1. The van der Waals surface area contributed by atoms with Crippen LogP contribution in [0.2, 0.25) is 0 Å². The summed E-state index contributed by atoms with van der Waals surface area (Å²) in [7, 11) is 3.72. The molecule has 0 unspecified atom stereocenters. The molecule has 0 heterocycles. The lowest BCUT2D eigenvalue weighted by atomic mass is 10.2. The third kappa shape index (κ3) is 5.90. The molecule has 0 aliphatic carbocycles. The molecule has 0 radical (unpaired) electrons. The van der Waals surface area contributed by atoms with E-state index in [9.17, 15) is 22.8 Å². The number of rotatable bonds is 7. The number of hydrogen-bond acceptors (Lipinski definition) is 3. The van der Waals surface area contributed by atoms with Gasteiger partial charge in [0.2, 0.25) is 11.8 Å². The zero-order chi connectivity index (χ0) is 17.6. The second-order valence-corrected chi connectivity index (χ2v) is 5.33. The first-order valence-electron chi connectivity index (χ1n) is 7.06. The molecule has 5 nitrogen and oxygen atoms in total. The van der Waals surface area contributed by atoms with Crippen LogP contribution < -0.4 is 5.32 Å². The lowest BCUT2D eigenvalue weighted by Crippen LogP contribution is -2.37. The van der Waals surface area contributed by atoms with Crippen LogP contribution in [0.15, 0.2) is 12.1 Å². The molecule has 0 fully saturated rings. The van der Waals surface area contributed by atoms with Crippen LogP contribution in [-0.2, 0) is 9.59 Å². The summed E-state index contributed by atoms with van der Waals surface area (Å²) in [5.74, 6) is -5.19. The summed E-state index contributed by atoms with van der Waals surface area (Å²) in [6.07, 6.45) is -0.0779. The van der Waals surface area contributed by atoms with Crippen molar-refractivity contribution in [1.29, 1.82) is 0 Å². The molecule has 128 valence electrons. The van der Waals surface area contributed by atoms with E-state index in [1.807, 2.05) is 19.0 Å². The van der Waals surface area contributed by atoms with Crippen molar-refractivity contribution in [3.63, 3.8) is 0 Å². The highest BCUT2D eigenvalue weighted by molar-refractivity contribution is 5.91. The van der Waals surface area contributed by atoms with Crippen LogP contribution in [0.5, 0.6) is 0 Å². The first-order valence-corrected chi connectivity index (χ1v) is 7.06. The number of amides is 2. The van der Waals surface area contributed by atoms with Crippen LogP contribution in [0.4, 0.5) is 18.9 Å². The third-order valence-corrected chi connectivity index (χ3v) is 3.18. The van der Waals surface area contributed by atoms with Crippen molar-refractivity contribution in [3.8, 4) is 0 Å². The van der Waals surface area contributed by atoms with Gasteiger partial charge in [0.15, 0.2) is 17.5 Å². The largest absolute Gasteiger partial charge is 0.341 e. The van der Waals surface area contributed by atoms with Gasteiger partial charge < -0.3 is 15.1 Å². The van der Waals surface area contributed by atoms with Gasteiger partial charge in [0.25, 0.3) is 0 Å². The molecule has 0 aromatic heterocycles. The molecular formula is C15H20F3N3O2. The average molecular weight is 331 g/mol. The lowest BCUT2D eigenvalue weighted by Gasteiger charge is -2.22. The number of anilines is 1. The molecule has 1 N–H and O–H groups in total. The molecule has 0 bridgehead atoms. The van der Waals surface area contributed by atoms with E-state index in [1.54, 1.807) is 0 Å². The molecule has 2 amide bonds. The lowest BCUT2D eigenvalue weighted by molar-refractivity contribution is -0.129. The number of carbonyl (C=O) groups is 2. The second kappa shape index (κ2) is 8.52. The summed E-state index contributed by atoms with van der Waals surface area (Å²) in [5.41, 5.74) is -0.434. The minimum atomic E-state index is -1.64. The highest BCUT2D eigenvalue weighted by Crippen LogP contribution is 2.19. The predicted molar refractivity (Wildman–Crippen MR) is 80.4 cm³/mol. The van der Waals surface area contributed by atoms with Crippen molar-refractivity contribution in [1.82, 2.24) is 9.80 Å². The highest BCUT2D eigenvalue weighted by atomic mass is 19.2. The molecule has 1 aromatic carbocycles. The van der Waals surface area contributed by atoms with E-state index in [0.29, 0.717) is 13.1 Å². The second-order valence-electron chi connectivity index (χ2n) is 5.33. The molecule has 1 aromatic rings. The molecule has 0 atom stereocenters. The molecule has 0 aliphatic rings. The Balaban J connectivity index is 2.59. The predicted octanol–water partition coefficient (Wildman–Crippen LogP) is 1.84. The van der Waals surface area contributed by atoms with Gasteiger partial charge in [-0.15, -0.1) is 0 Å². The number of nitrogens with one attached hydrogen (secondary N) is 1. The van der Waals surface area contributed by atoms with Gasteiger partial charge in [0, 0.05) is 33.0 Å².